The molecule has 1 heterocycles. The van der Waals surface area contributed by atoms with Gasteiger partial charge in [0.1, 0.15) is 0 Å². The largest absolute Gasteiger partial charge is 0.454 e. The monoisotopic (exact) mass is 492 g/mol. The number of nitrogens with one attached hydrogen (secondary N) is 1. The van der Waals surface area contributed by atoms with Crippen molar-refractivity contribution in [3.8, 4) is 11.5 Å². The first-order valence-corrected chi connectivity index (χ1v) is 11.7. The van der Waals surface area contributed by atoms with Crippen molar-refractivity contribution in [3.05, 3.63) is 82.3 Å². The number of hydrogen-bond donors (Lipinski definition) is 1. The maximum atomic E-state index is 13.3. The Balaban J connectivity index is 1.59. The standard InChI is InChI=1S/C22H18Cl2N2O5S/c23-16-5-8-18(9-6-16)32(28,29)26(12-15-3-1-2-4-19(15)24)13-22(27)25-17-7-10-20-21(11-17)31-14-30-20/h1-11H,12-14H2,(H,25,27). The number of fused-ring (bicyclic) bond motifs is 1. The zero-order valence-corrected chi connectivity index (χ0v) is 19.0. The Morgan fingerprint density at radius 1 is 0.969 bits per heavy atom. The van der Waals surface area contributed by atoms with Gasteiger partial charge in [0.05, 0.1) is 11.4 Å². The zero-order chi connectivity index (χ0) is 22.7. The van der Waals surface area contributed by atoms with Gasteiger partial charge in [-0.1, -0.05) is 41.4 Å². The quantitative estimate of drug-likeness (QED) is 0.522. The molecule has 4 rings (SSSR count). The Bertz CT molecular complexity index is 1250. The first-order chi connectivity index (χ1) is 15.3. The zero-order valence-electron chi connectivity index (χ0n) is 16.6. The number of anilines is 1. The number of carbonyl (C=O) groups is 1. The maximum absolute atomic E-state index is 13.3. The number of rotatable bonds is 7. The number of hydrogen-bond acceptors (Lipinski definition) is 5. The van der Waals surface area contributed by atoms with Gasteiger partial charge >= 0.3 is 0 Å². The predicted molar refractivity (Wildman–Crippen MR) is 122 cm³/mol. The lowest BCUT2D eigenvalue weighted by Crippen LogP contribution is -2.37. The fourth-order valence-electron chi connectivity index (χ4n) is 3.13. The highest BCUT2D eigenvalue weighted by molar-refractivity contribution is 7.89. The van der Waals surface area contributed by atoms with Gasteiger partial charge in [-0.25, -0.2) is 8.42 Å². The lowest BCUT2D eigenvalue weighted by atomic mass is 10.2. The molecule has 1 aliphatic heterocycles. The SMILES string of the molecule is O=C(CN(Cc1ccccc1Cl)S(=O)(=O)c1ccc(Cl)cc1)Nc1ccc2c(c1)OCO2. The highest BCUT2D eigenvalue weighted by atomic mass is 35.5. The molecule has 1 N–H and O–H groups in total. The van der Waals surface area contributed by atoms with Crippen LogP contribution in [0.2, 0.25) is 10.0 Å². The van der Waals surface area contributed by atoms with E-state index < -0.39 is 22.5 Å². The molecule has 10 heteroatoms. The van der Waals surface area contributed by atoms with Crippen LogP contribution in [0.3, 0.4) is 0 Å². The van der Waals surface area contributed by atoms with E-state index >= 15 is 0 Å². The molecule has 0 atom stereocenters. The van der Waals surface area contributed by atoms with E-state index in [0.29, 0.717) is 32.8 Å². The molecule has 3 aromatic carbocycles. The van der Waals surface area contributed by atoms with E-state index in [4.69, 9.17) is 32.7 Å². The van der Waals surface area contributed by atoms with Crippen molar-refractivity contribution in [1.82, 2.24) is 4.31 Å². The summed E-state index contributed by atoms with van der Waals surface area (Å²) < 4.78 is 38.3. The number of ether oxygens (including phenoxy) is 2. The van der Waals surface area contributed by atoms with Crippen LogP contribution in [-0.2, 0) is 21.4 Å². The van der Waals surface area contributed by atoms with Crippen LogP contribution in [0.1, 0.15) is 5.56 Å². The molecule has 166 valence electrons. The van der Waals surface area contributed by atoms with Crippen molar-refractivity contribution >= 4 is 44.8 Å². The van der Waals surface area contributed by atoms with Crippen molar-refractivity contribution in [2.45, 2.75) is 11.4 Å². The van der Waals surface area contributed by atoms with Crippen molar-refractivity contribution < 1.29 is 22.7 Å². The maximum Gasteiger partial charge on any atom is 0.243 e. The number of carbonyl (C=O) groups excluding carboxylic acids is 1. The third-order valence-corrected chi connectivity index (χ3v) is 7.16. The number of sulfonamides is 1. The molecular weight excluding hydrogens is 475 g/mol. The van der Waals surface area contributed by atoms with Crippen LogP contribution in [0.5, 0.6) is 11.5 Å². The molecule has 0 saturated heterocycles. The summed E-state index contributed by atoms with van der Waals surface area (Å²) in [6, 6.07) is 17.6. The van der Waals surface area contributed by atoms with Crippen molar-refractivity contribution in [1.29, 1.82) is 0 Å². The second kappa shape index (κ2) is 9.38. The number of benzene rings is 3. The molecule has 0 saturated carbocycles. The fourth-order valence-corrected chi connectivity index (χ4v) is 4.83. The molecule has 0 unspecified atom stereocenters. The number of halogens is 2. The molecule has 7 nitrogen and oxygen atoms in total. The number of amides is 1. The molecule has 0 aliphatic carbocycles. The van der Waals surface area contributed by atoms with E-state index in [9.17, 15) is 13.2 Å². The van der Waals surface area contributed by atoms with Crippen LogP contribution in [0.15, 0.2) is 71.6 Å². The molecule has 1 aliphatic rings. The van der Waals surface area contributed by atoms with Crippen LogP contribution in [0.4, 0.5) is 5.69 Å². The van der Waals surface area contributed by atoms with Gasteiger partial charge in [0.15, 0.2) is 11.5 Å². The minimum Gasteiger partial charge on any atom is -0.454 e. The molecular formula is C22H18Cl2N2O5S. The van der Waals surface area contributed by atoms with Gasteiger partial charge in [-0.3, -0.25) is 4.79 Å². The second-order valence-corrected chi connectivity index (χ2v) is 9.72. The fraction of sp³-hybridized carbons (Fsp3) is 0.136. The molecule has 0 spiro atoms. The van der Waals surface area contributed by atoms with Gasteiger partial charge in [-0.2, -0.15) is 4.31 Å². The van der Waals surface area contributed by atoms with Crippen LogP contribution in [0, 0.1) is 0 Å². The predicted octanol–water partition coefficient (Wildman–Crippen LogP) is 4.55. The van der Waals surface area contributed by atoms with Crippen molar-refractivity contribution in [2.75, 3.05) is 18.7 Å². The van der Waals surface area contributed by atoms with E-state index in [0.717, 1.165) is 4.31 Å². The normalized spacial score (nSPS) is 12.7. The highest BCUT2D eigenvalue weighted by Gasteiger charge is 2.28. The summed E-state index contributed by atoms with van der Waals surface area (Å²) in [7, 11) is -4.02. The van der Waals surface area contributed by atoms with E-state index in [2.05, 4.69) is 5.32 Å². The van der Waals surface area contributed by atoms with Gasteiger partial charge < -0.3 is 14.8 Å². The van der Waals surface area contributed by atoms with Gasteiger partial charge in [-0.15, -0.1) is 0 Å². The summed E-state index contributed by atoms with van der Waals surface area (Å²) >= 11 is 12.1. The summed E-state index contributed by atoms with van der Waals surface area (Å²) in [6.07, 6.45) is 0. The lowest BCUT2D eigenvalue weighted by molar-refractivity contribution is -0.116. The Morgan fingerprint density at radius 2 is 1.69 bits per heavy atom. The molecule has 0 radical (unpaired) electrons. The summed E-state index contributed by atoms with van der Waals surface area (Å²) in [5, 5.41) is 3.51. The minimum atomic E-state index is -4.02. The lowest BCUT2D eigenvalue weighted by Gasteiger charge is -2.22. The van der Waals surface area contributed by atoms with Gasteiger partial charge in [0.25, 0.3) is 0 Å². The van der Waals surface area contributed by atoms with Crippen molar-refractivity contribution in [2.24, 2.45) is 0 Å². The average Bonchev–Trinajstić information content (AvgIpc) is 3.23. The summed E-state index contributed by atoms with van der Waals surface area (Å²) in [4.78, 5) is 12.8. The third-order valence-electron chi connectivity index (χ3n) is 4.73. The molecule has 32 heavy (non-hydrogen) atoms. The van der Waals surface area contributed by atoms with Crippen LogP contribution < -0.4 is 14.8 Å². The van der Waals surface area contributed by atoms with Crippen LogP contribution in [-0.4, -0.2) is 32.0 Å². The van der Waals surface area contributed by atoms with Gasteiger partial charge in [0, 0.05) is 28.3 Å². The summed E-state index contributed by atoms with van der Waals surface area (Å²) in [5.74, 6) is 0.562. The first kappa shape index (κ1) is 22.4. The molecule has 0 fully saturated rings. The van der Waals surface area contributed by atoms with Gasteiger partial charge in [-0.05, 0) is 48.0 Å². The topological polar surface area (TPSA) is 84.9 Å². The van der Waals surface area contributed by atoms with Gasteiger partial charge in [0.2, 0.25) is 22.7 Å². The van der Waals surface area contributed by atoms with Crippen molar-refractivity contribution in [3.63, 3.8) is 0 Å². The molecule has 1 amide bonds. The molecule has 0 bridgehead atoms. The molecule has 0 aromatic heterocycles. The van der Waals surface area contributed by atoms with E-state index in [1.54, 1.807) is 42.5 Å². The average molecular weight is 493 g/mol. The first-order valence-electron chi connectivity index (χ1n) is 9.51. The Labute approximate surface area is 195 Å². The van der Waals surface area contributed by atoms with E-state index in [1.807, 2.05) is 0 Å². The van der Waals surface area contributed by atoms with Crippen LogP contribution in [0.25, 0.3) is 0 Å². The Kier molecular flexibility index (Phi) is 6.57. The van der Waals surface area contributed by atoms with Crippen LogP contribution >= 0.6 is 23.2 Å². The van der Waals surface area contributed by atoms with E-state index in [-0.39, 0.29) is 18.2 Å². The third kappa shape index (κ3) is 4.99. The second-order valence-electron chi connectivity index (χ2n) is 6.93. The van der Waals surface area contributed by atoms with E-state index in [1.165, 1.54) is 24.3 Å². The Morgan fingerprint density at radius 3 is 2.44 bits per heavy atom. The summed E-state index contributed by atoms with van der Waals surface area (Å²) in [5.41, 5.74) is 1.03. The Hall–Kier alpha value is -2.78. The number of nitrogens with zero attached hydrogens (tertiary/aromatic N) is 1. The smallest absolute Gasteiger partial charge is 0.243 e. The highest BCUT2D eigenvalue weighted by Crippen LogP contribution is 2.34. The minimum absolute atomic E-state index is 0.0184. The molecule has 3 aromatic rings. The summed E-state index contributed by atoms with van der Waals surface area (Å²) in [6.45, 7) is -0.401.